The van der Waals surface area contributed by atoms with Crippen LogP contribution in [0.2, 0.25) is 0 Å². The lowest BCUT2D eigenvalue weighted by molar-refractivity contribution is -0.117. The van der Waals surface area contributed by atoms with Crippen molar-refractivity contribution >= 4 is 18.0 Å². The van der Waals surface area contributed by atoms with Crippen molar-refractivity contribution in [2.75, 3.05) is 19.8 Å². The van der Waals surface area contributed by atoms with E-state index in [9.17, 15) is 14.9 Å². The van der Waals surface area contributed by atoms with Gasteiger partial charge in [0.25, 0.3) is 5.91 Å². The molecule has 2 aromatic rings. The summed E-state index contributed by atoms with van der Waals surface area (Å²) in [5.41, 5.74) is 4.05. The van der Waals surface area contributed by atoms with Gasteiger partial charge in [-0.15, -0.1) is 0 Å². The van der Waals surface area contributed by atoms with Crippen molar-refractivity contribution in [1.82, 2.24) is 9.88 Å². The van der Waals surface area contributed by atoms with Crippen LogP contribution in [0.1, 0.15) is 47.1 Å². The largest absolute Gasteiger partial charge is 0.462 e. The third kappa shape index (κ3) is 5.22. The van der Waals surface area contributed by atoms with Crippen LogP contribution in [0, 0.1) is 25.2 Å². The molecule has 0 spiro atoms. The summed E-state index contributed by atoms with van der Waals surface area (Å²) in [5.74, 6) is -0.757. The molecular weight excluding hydrogens is 394 g/mol. The van der Waals surface area contributed by atoms with Crippen LogP contribution in [0.25, 0.3) is 11.8 Å². The first-order valence-electron chi connectivity index (χ1n) is 10.4. The fourth-order valence-corrected chi connectivity index (χ4v) is 3.70. The van der Waals surface area contributed by atoms with Crippen molar-refractivity contribution in [3.8, 4) is 11.8 Å². The Kier molecular flexibility index (Phi) is 7.27. The van der Waals surface area contributed by atoms with Gasteiger partial charge >= 0.3 is 5.97 Å². The van der Waals surface area contributed by atoms with Crippen LogP contribution < -0.4 is 5.32 Å². The van der Waals surface area contributed by atoms with Gasteiger partial charge in [-0.05, 0) is 75.6 Å². The van der Waals surface area contributed by atoms with Crippen molar-refractivity contribution < 1.29 is 19.1 Å². The highest BCUT2D eigenvalue weighted by Gasteiger charge is 2.18. The number of carbonyl (C=O) groups is 2. The van der Waals surface area contributed by atoms with Crippen molar-refractivity contribution in [2.24, 2.45) is 0 Å². The second-order valence-electron chi connectivity index (χ2n) is 7.44. The van der Waals surface area contributed by atoms with Gasteiger partial charge in [-0.25, -0.2) is 4.79 Å². The Morgan fingerprint density at radius 3 is 2.68 bits per heavy atom. The second kappa shape index (κ2) is 10.1. The number of benzene rings is 1. The number of hydrogen-bond donors (Lipinski definition) is 1. The van der Waals surface area contributed by atoms with Crippen LogP contribution in [-0.4, -0.2) is 42.3 Å². The molecular formula is C24H27N3O4. The monoisotopic (exact) mass is 421 g/mol. The lowest BCUT2D eigenvalue weighted by Crippen LogP contribution is -2.32. The predicted molar refractivity (Wildman–Crippen MR) is 117 cm³/mol. The maximum atomic E-state index is 12.5. The van der Waals surface area contributed by atoms with Gasteiger partial charge in [0.1, 0.15) is 11.6 Å². The molecule has 1 aromatic heterocycles. The number of amides is 1. The van der Waals surface area contributed by atoms with Gasteiger partial charge < -0.3 is 19.4 Å². The molecule has 1 N–H and O–H groups in total. The molecule has 0 saturated carbocycles. The lowest BCUT2D eigenvalue weighted by Gasteiger charge is -2.11. The zero-order valence-corrected chi connectivity index (χ0v) is 18.1. The molecule has 162 valence electrons. The number of ether oxygens (including phenoxy) is 2. The third-order valence-corrected chi connectivity index (χ3v) is 5.29. The average molecular weight is 421 g/mol. The van der Waals surface area contributed by atoms with Crippen molar-refractivity contribution in [2.45, 2.75) is 39.7 Å². The summed E-state index contributed by atoms with van der Waals surface area (Å²) >= 11 is 0. The summed E-state index contributed by atoms with van der Waals surface area (Å²) in [6.45, 7) is 7.10. The number of nitriles is 1. The van der Waals surface area contributed by atoms with Crippen LogP contribution in [0.5, 0.6) is 0 Å². The molecule has 0 radical (unpaired) electrons. The number of nitrogens with zero attached hydrogens (tertiary/aromatic N) is 2. The molecule has 3 rings (SSSR count). The fraction of sp³-hybridized carbons (Fsp3) is 0.375. The number of rotatable bonds is 7. The number of esters is 1. The van der Waals surface area contributed by atoms with Gasteiger partial charge in [0.2, 0.25) is 0 Å². The van der Waals surface area contributed by atoms with Gasteiger partial charge in [0, 0.05) is 30.2 Å². The molecule has 1 aliphatic rings. The van der Waals surface area contributed by atoms with E-state index in [1.807, 2.05) is 42.7 Å². The number of aromatic nitrogens is 1. The summed E-state index contributed by atoms with van der Waals surface area (Å²) < 4.78 is 12.5. The smallest absolute Gasteiger partial charge is 0.338 e. The average Bonchev–Trinajstić information content (AvgIpc) is 3.38. The Balaban J connectivity index is 1.80. The summed E-state index contributed by atoms with van der Waals surface area (Å²) in [5, 5.41) is 12.3. The van der Waals surface area contributed by atoms with Gasteiger partial charge in [-0.2, -0.15) is 5.26 Å². The number of hydrogen-bond acceptors (Lipinski definition) is 5. The fourth-order valence-electron chi connectivity index (χ4n) is 3.70. The number of nitrogens with one attached hydrogen (secondary N) is 1. The quantitative estimate of drug-likeness (QED) is 0.420. The summed E-state index contributed by atoms with van der Waals surface area (Å²) in [6, 6.07) is 11.1. The molecule has 0 aliphatic carbocycles. The maximum Gasteiger partial charge on any atom is 0.338 e. The molecule has 7 nitrogen and oxygen atoms in total. The van der Waals surface area contributed by atoms with E-state index < -0.39 is 5.91 Å². The van der Waals surface area contributed by atoms with Crippen LogP contribution in [0.4, 0.5) is 0 Å². The van der Waals surface area contributed by atoms with E-state index in [0.29, 0.717) is 25.3 Å². The van der Waals surface area contributed by atoms with E-state index in [4.69, 9.17) is 9.47 Å². The third-order valence-electron chi connectivity index (χ3n) is 5.29. The maximum absolute atomic E-state index is 12.5. The summed E-state index contributed by atoms with van der Waals surface area (Å²) in [4.78, 5) is 24.3. The first kappa shape index (κ1) is 22.3. The van der Waals surface area contributed by atoms with Gasteiger partial charge in [0.05, 0.1) is 18.3 Å². The Morgan fingerprint density at radius 1 is 1.32 bits per heavy atom. The highest BCUT2D eigenvalue weighted by molar-refractivity contribution is 6.01. The Morgan fingerprint density at radius 2 is 2.06 bits per heavy atom. The van der Waals surface area contributed by atoms with Crippen molar-refractivity contribution in [3.63, 3.8) is 0 Å². The summed E-state index contributed by atoms with van der Waals surface area (Å²) in [6.07, 6.45) is 3.54. The van der Waals surface area contributed by atoms with Crippen LogP contribution in [-0.2, 0) is 14.3 Å². The Labute approximate surface area is 182 Å². The normalized spacial score (nSPS) is 16.1. The number of carbonyl (C=O) groups excluding carboxylic acids is 2. The predicted octanol–water partition coefficient (Wildman–Crippen LogP) is 3.47. The minimum Gasteiger partial charge on any atom is -0.462 e. The molecule has 7 heteroatoms. The highest BCUT2D eigenvalue weighted by Crippen LogP contribution is 2.23. The first-order chi connectivity index (χ1) is 14.9. The number of aryl methyl sites for hydroxylation is 1. The van der Waals surface area contributed by atoms with Gasteiger partial charge in [0.15, 0.2) is 0 Å². The van der Waals surface area contributed by atoms with Crippen LogP contribution in [0.3, 0.4) is 0 Å². The highest BCUT2D eigenvalue weighted by atomic mass is 16.5. The minimum atomic E-state index is -0.401. The first-order valence-corrected chi connectivity index (χ1v) is 10.4. The molecule has 1 fully saturated rings. The minimum absolute atomic E-state index is 0.0199. The molecule has 1 aromatic carbocycles. The molecule has 31 heavy (non-hydrogen) atoms. The van der Waals surface area contributed by atoms with Gasteiger partial charge in [-0.3, -0.25) is 4.79 Å². The molecule has 1 amide bonds. The Bertz CT molecular complexity index is 1020. The molecule has 1 saturated heterocycles. The van der Waals surface area contributed by atoms with Crippen LogP contribution >= 0.6 is 0 Å². The van der Waals surface area contributed by atoms with Crippen molar-refractivity contribution in [1.29, 1.82) is 5.26 Å². The van der Waals surface area contributed by atoms with Crippen LogP contribution in [0.15, 0.2) is 35.9 Å². The molecule has 1 aliphatic heterocycles. The van der Waals surface area contributed by atoms with E-state index >= 15 is 0 Å². The topological polar surface area (TPSA) is 93.4 Å². The Hall–Kier alpha value is -3.37. The van der Waals surface area contributed by atoms with E-state index in [0.717, 1.165) is 35.5 Å². The molecule has 1 unspecified atom stereocenters. The molecule has 1 atom stereocenters. The zero-order valence-electron chi connectivity index (χ0n) is 18.1. The van der Waals surface area contributed by atoms with E-state index in [2.05, 4.69) is 5.32 Å². The van der Waals surface area contributed by atoms with E-state index in [1.54, 1.807) is 25.1 Å². The second-order valence-corrected chi connectivity index (χ2v) is 7.44. The summed E-state index contributed by atoms with van der Waals surface area (Å²) in [7, 11) is 0. The zero-order chi connectivity index (χ0) is 22.4. The standard InChI is InChI=1S/C24H27N3O4/c1-4-30-24(29)18-7-9-21(10-8-18)27-16(2)12-19(17(27)3)13-20(14-25)23(28)26-15-22-6-5-11-31-22/h7-10,12-13,22H,4-6,11,15H2,1-3H3,(H,26,28)/b20-13+. The lowest BCUT2D eigenvalue weighted by atomic mass is 10.1. The SMILES string of the molecule is CCOC(=O)c1ccc(-n2c(C)cc(/C=C(\C#N)C(=O)NCC3CCCO3)c2C)cc1. The van der Waals surface area contributed by atoms with Crippen molar-refractivity contribution in [3.05, 3.63) is 58.4 Å². The van der Waals surface area contributed by atoms with E-state index in [1.165, 1.54) is 0 Å². The van der Waals surface area contributed by atoms with E-state index in [-0.39, 0.29) is 17.6 Å². The van der Waals surface area contributed by atoms with Gasteiger partial charge in [-0.1, -0.05) is 0 Å². The molecule has 2 heterocycles. The molecule has 0 bridgehead atoms.